The van der Waals surface area contributed by atoms with Crippen molar-refractivity contribution >= 4 is 5.91 Å². The van der Waals surface area contributed by atoms with E-state index in [9.17, 15) is 9.18 Å². The molecular weight excluding hydrogens is 341 g/mol. The fourth-order valence-corrected chi connectivity index (χ4v) is 4.50. The standard InChI is InChI=1S/C23H32FNO2/c1-23(2)9-7-16(8-10-23)15-27-21-14-20(24)19(13-18(21)17-5-6-17)22(26)25-11-3-4-12-25/h13-14,16-17H,3-12,15H2,1-2H3. The van der Waals surface area contributed by atoms with Crippen LogP contribution in [0.25, 0.3) is 0 Å². The predicted molar refractivity (Wildman–Crippen MR) is 105 cm³/mol. The molecule has 1 aromatic rings. The Morgan fingerprint density at radius 3 is 2.44 bits per heavy atom. The minimum Gasteiger partial charge on any atom is -0.493 e. The molecule has 3 nitrogen and oxygen atoms in total. The number of ether oxygens (including phenoxy) is 1. The van der Waals surface area contributed by atoms with Crippen molar-refractivity contribution < 1.29 is 13.9 Å². The van der Waals surface area contributed by atoms with Crippen LogP contribution in [0.1, 0.15) is 87.1 Å². The Hall–Kier alpha value is -1.58. The third-order valence-corrected chi connectivity index (χ3v) is 6.67. The number of halogens is 1. The molecule has 2 saturated carbocycles. The van der Waals surface area contributed by atoms with Crippen molar-refractivity contribution in [2.45, 2.75) is 71.1 Å². The Labute approximate surface area is 162 Å². The number of benzene rings is 1. The van der Waals surface area contributed by atoms with Gasteiger partial charge in [0.1, 0.15) is 11.6 Å². The third kappa shape index (κ3) is 4.30. The largest absolute Gasteiger partial charge is 0.493 e. The van der Waals surface area contributed by atoms with Gasteiger partial charge in [-0.05, 0) is 80.2 Å². The van der Waals surface area contributed by atoms with Gasteiger partial charge < -0.3 is 9.64 Å². The zero-order valence-corrected chi connectivity index (χ0v) is 16.7. The van der Waals surface area contributed by atoms with Gasteiger partial charge in [-0.2, -0.15) is 0 Å². The summed E-state index contributed by atoms with van der Waals surface area (Å²) in [5, 5.41) is 0. The Bertz CT molecular complexity index is 695. The van der Waals surface area contributed by atoms with Gasteiger partial charge >= 0.3 is 0 Å². The quantitative estimate of drug-likeness (QED) is 0.679. The molecule has 3 fully saturated rings. The van der Waals surface area contributed by atoms with Gasteiger partial charge in [0, 0.05) is 19.2 Å². The molecule has 4 rings (SSSR count). The molecule has 0 aromatic heterocycles. The van der Waals surface area contributed by atoms with Crippen molar-refractivity contribution in [1.82, 2.24) is 4.90 Å². The lowest BCUT2D eigenvalue weighted by molar-refractivity contribution is 0.0788. The van der Waals surface area contributed by atoms with E-state index < -0.39 is 5.82 Å². The van der Waals surface area contributed by atoms with Gasteiger partial charge in [0.15, 0.2) is 0 Å². The second-order valence-electron chi connectivity index (χ2n) is 9.56. The molecule has 4 heteroatoms. The van der Waals surface area contributed by atoms with E-state index in [1.54, 1.807) is 11.0 Å². The molecule has 0 atom stereocenters. The van der Waals surface area contributed by atoms with E-state index in [0.717, 1.165) is 44.3 Å². The number of hydrogen-bond acceptors (Lipinski definition) is 2. The summed E-state index contributed by atoms with van der Waals surface area (Å²) in [6.45, 7) is 6.82. The highest BCUT2D eigenvalue weighted by atomic mass is 19.1. The minimum absolute atomic E-state index is 0.159. The maximum atomic E-state index is 14.8. The van der Waals surface area contributed by atoms with Crippen molar-refractivity contribution in [2.24, 2.45) is 11.3 Å². The number of carbonyl (C=O) groups excluding carboxylic acids is 1. The summed E-state index contributed by atoms with van der Waals surface area (Å²) < 4.78 is 20.9. The van der Waals surface area contributed by atoms with Gasteiger partial charge in [0.2, 0.25) is 0 Å². The molecule has 0 unspecified atom stereocenters. The first-order chi connectivity index (χ1) is 12.9. The monoisotopic (exact) mass is 373 g/mol. The highest BCUT2D eigenvalue weighted by Crippen LogP contribution is 2.46. The lowest BCUT2D eigenvalue weighted by atomic mass is 9.73. The van der Waals surface area contributed by atoms with Crippen molar-refractivity contribution in [2.75, 3.05) is 19.7 Å². The average molecular weight is 374 g/mol. The van der Waals surface area contributed by atoms with E-state index in [0.29, 0.717) is 29.6 Å². The number of carbonyl (C=O) groups is 1. The van der Waals surface area contributed by atoms with Crippen LogP contribution >= 0.6 is 0 Å². The smallest absolute Gasteiger partial charge is 0.256 e. The summed E-state index contributed by atoms with van der Waals surface area (Å²) in [4.78, 5) is 14.5. The van der Waals surface area contributed by atoms with Crippen LogP contribution in [0.15, 0.2) is 12.1 Å². The molecule has 2 aliphatic carbocycles. The number of nitrogens with zero attached hydrogens (tertiary/aromatic N) is 1. The average Bonchev–Trinajstić information content (AvgIpc) is 3.33. The van der Waals surface area contributed by atoms with Crippen LogP contribution in [-0.2, 0) is 0 Å². The predicted octanol–water partition coefficient (Wildman–Crippen LogP) is 5.53. The summed E-state index contributed by atoms with van der Waals surface area (Å²) in [5.74, 6) is 1.05. The first-order valence-corrected chi connectivity index (χ1v) is 10.7. The zero-order chi connectivity index (χ0) is 19.0. The highest BCUT2D eigenvalue weighted by Gasteiger charge is 2.32. The minimum atomic E-state index is -0.434. The first-order valence-electron chi connectivity index (χ1n) is 10.7. The molecule has 1 aromatic carbocycles. The van der Waals surface area contributed by atoms with Crippen molar-refractivity contribution in [3.8, 4) is 5.75 Å². The van der Waals surface area contributed by atoms with Crippen LogP contribution in [-0.4, -0.2) is 30.5 Å². The van der Waals surface area contributed by atoms with E-state index >= 15 is 0 Å². The van der Waals surface area contributed by atoms with Crippen LogP contribution < -0.4 is 4.74 Å². The van der Waals surface area contributed by atoms with Gasteiger partial charge in [-0.15, -0.1) is 0 Å². The van der Waals surface area contributed by atoms with Gasteiger partial charge in [0.05, 0.1) is 12.2 Å². The number of hydrogen-bond donors (Lipinski definition) is 0. The van der Waals surface area contributed by atoms with Gasteiger partial charge in [-0.25, -0.2) is 4.39 Å². The van der Waals surface area contributed by atoms with Crippen LogP contribution in [0.2, 0.25) is 0 Å². The van der Waals surface area contributed by atoms with Crippen molar-refractivity contribution in [1.29, 1.82) is 0 Å². The Morgan fingerprint density at radius 2 is 1.81 bits per heavy atom. The van der Waals surface area contributed by atoms with E-state index in [-0.39, 0.29) is 11.5 Å². The molecule has 0 spiro atoms. The molecule has 27 heavy (non-hydrogen) atoms. The second-order valence-corrected chi connectivity index (χ2v) is 9.56. The van der Waals surface area contributed by atoms with Gasteiger partial charge in [-0.1, -0.05) is 13.8 Å². The van der Waals surface area contributed by atoms with E-state index in [1.807, 2.05) is 0 Å². The molecular formula is C23H32FNO2. The van der Waals surface area contributed by atoms with Gasteiger partial charge in [-0.3, -0.25) is 4.79 Å². The summed E-state index contributed by atoms with van der Waals surface area (Å²) in [6.07, 6.45) is 9.07. The Morgan fingerprint density at radius 1 is 1.15 bits per heavy atom. The number of amides is 1. The molecule has 148 valence electrons. The molecule has 0 N–H and O–H groups in total. The van der Waals surface area contributed by atoms with Crippen LogP contribution in [0.5, 0.6) is 5.75 Å². The molecule has 0 bridgehead atoms. The normalized spacial score (nSPS) is 22.9. The lowest BCUT2D eigenvalue weighted by Gasteiger charge is -2.34. The van der Waals surface area contributed by atoms with E-state index in [4.69, 9.17) is 4.74 Å². The number of rotatable bonds is 5. The first kappa shape index (κ1) is 18.8. The molecule has 3 aliphatic rings. The Balaban J connectivity index is 1.47. The Kier molecular flexibility index (Phi) is 5.17. The topological polar surface area (TPSA) is 29.5 Å². The fraction of sp³-hybridized carbons (Fsp3) is 0.696. The lowest BCUT2D eigenvalue weighted by Crippen LogP contribution is -2.28. The zero-order valence-electron chi connectivity index (χ0n) is 16.7. The van der Waals surface area contributed by atoms with E-state index in [1.165, 1.54) is 31.7 Å². The summed E-state index contributed by atoms with van der Waals surface area (Å²) in [7, 11) is 0. The summed E-state index contributed by atoms with van der Waals surface area (Å²) in [6, 6.07) is 3.26. The fourth-order valence-electron chi connectivity index (χ4n) is 4.50. The van der Waals surface area contributed by atoms with Crippen LogP contribution in [0.4, 0.5) is 4.39 Å². The van der Waals surface area contributed by atoms with Gasteiger partial charge in [0.25, 0.3) is 5.91 Å². The maximum absolute atomic E-state index is 14.8. The van der Waals surface area contributed by atoms with Crippen LogP contribution in [0.3, 0.4) is 0 Å². The van der Waals surface area contributed by atoms with E-state index in [2.05, 4.69) is 13.8 Å². The summed E-state index contributed by atoms with van der Waals surface area (Å²) >= 11 is 0. The molecule has 1 heterocycles. The highest BCUT2D eigenvalue weighted by molar-refractivity contribution is 5.95. The van der Waals surface area contributed by atoms with Crippen molar-refractivity contribution in [3.05, 3.63) is 29.1 Å². The van der Waals surface area contributed by atoms with Crippen molar-refractivity contribution in [3.63, 3.8) is 0 Å². The molecule has 0 radical (unpaired) electrons. The maximum Gasteiger partial charge on any atom is 0.256 e. The molecule has 1 saturated heterocycles. The second kappa shape index (κ2) is 7.44. The van der Waals surface area contributed by atoms with Crippen LogP contribution in [0, 0.1) is 17.2 Å². The third-order valence-electron chi connectivity index (χ3n) is 6.67. The summed E-state index contributed by atoms with van der Waals surface area (Å²) in [5.41, 5.74) is 1.71. The SMILES string of the molecule is CC1(C)CCC(COc2cc(F)c(C(=O)N3CCCC3)cc2C2CC2)CC1. The molecule has 1 aliphatic heterocycles. The molecule has 1 amide bonds. The number of likely N-dealkylation sites (tertiary alicyclic amines) is 1.